The Labute approximate surface area is 101 Å². The van der Waals surface area contributed by atoms with E-state index in [9.17, 15) is 4.79 Å². The lowest BCUT2D eigenvalue weighted by Gasteiger charge is -2.09. The predicted octanol–water partition coefficient (Wildman–Crippen LogP) is 2.39. The van der Waals surface area contributed by atoms with Crippen LogP contribution in [0.2, 0.25) is 0 Å². The number of carbonyl (C=O) groups is 1. The Bertz CT molecular complexity index is 431. The number of aromatic nitrogens is 1. The van der Waals surface area contributed by atoms with Gasteiger partial charge in [0.15, 0.2) is 0 Å². The van der Waals surface area contributed by atoms with E-state index in [4.69, 9.17) is 9.47 Å². The molecule has 0 saturated heterocycles. The minimum Gasteiger partial charge on any atom is -0.478 e. The second kappa shape index (κ2) is 4.73. The van der Waals surface area contributed by atoms with Crippen LogP contribution in [0.25, 0.3) is 0 Å². The number of pyridine rings is 1. The molecule has 0 amide bonds. The highest BCUT2D eigenvalue weighted by Crippen LogP contribution is 2.47. The molecule has 1 heterocycles. The van der Waals surface area contributed by atoms with Crippen molar-refractivity contribution in [3.05, 3.63) is 23.4 Å². The van der Waals surface area contributed by atoms with E-state index in [1.165, 1.54) is 7.11 Å². The Morgan fingerprint density at radius 3 is 2.76 bits per heavy atom. The molecule has 2 atom stereocenters. The van der Waals surface area contributed by atoms with Gasteiger partial charge in [0.05, 0.1) is 25.0 Å². The van der Waals surface area contributed by atoms with Gasteiger partial charge in [-0.05, 0) is 25.3 Å². The molecule has 92 valence electrons. The van der Waals surface area contributed by atoms with E-state index in [1.54, 1.807) is 12.1 Å². The van der Waals surface area contributed by atoms with Crippen molar-refractivity contribution < 1.29 is 14.3 Å². The Balaban J connectivity index is 2.34. The summed E-state index contributed by atoms with van der Waals surface area (Å²) in [5.74, 6) is 1.20. The lowest BCUT2D eigenvalue weighted by Crippen LogP contribution is -2.08. The maximum atomic E-state index is 11.6. The molecule has 0 bridgehead atoms. The first-order valence-corrected chi connectivity index (χ1v) is 5.89. The number of nitrogens with zero attached hydrogens (tertiary/aromatic N) is 1. The highest BCUT2D eigenvalue weighted by Gasteiger charge is 2.38. The number of ether oxygens (including phenoxy) is 2. The van der Waals surface area contributed by atoms with Crippen molar-refractivity contribution in [1.29, 1.82) is 0 Å². The molecule has 17 heavy (non-hydrogen) atoms. The van der Waals surface area contributed by atoms with E-state index in [2.05, 4.69) is 11.9 Å². The summed E-state index contributed by atoms with van der Waals surface area (Å²) in [5, 5.41) is 0. The highest BCUT2D eigenvalue weighted by molar-refractivity contribution is 5.91. The lowest BCUT2D eigenvalue weighted by molar-refractivity contribution is 0.0598. The fourth-order valence-corrected chi connectivity index (χ4v) is 1.95. The molecule has 0 N–H and O–H groups in total. The third-order valence-corrected chi connectivity index (χ3v) is 3.06. The Hall–Kier alpha value is -1.58. The predicted molar refractivity (Wildman–Crippen MR) is 63.3 cm³/mol. The highest BCUT2D eigenvalue weighted by atomic mass is 16.5. The Morgan fingerprint density at radius 1 is 1.53 bits per heavy atom. The molecule has 1 aliphatic carbocycles. The largest absolute Gasteiger partial charge is 0.478 e. The van der Waals surface area contributed by atoms with Crippen molar-refractivity contribution in [3.8, 4) is 5.88 Å². The fraction of sp³-hybridized carbons (Fsp3) is 0.538. The summed E-state index contributed by atoms with van der Waals surface area (Å²) in [6.07, 6.45) is 1.08. The minimum atomic E-state index is -0.324. The van der Waals surface area contributed by atoms with Crippen molar-refractivity contribution in [1.82, 2.24) is 4.98 Å². The summed E-state index contributed by atoms with van der Waals surface area (Å²) >= 11 is 0. The summed E-state index contributed by atoms with van der Waals surface area (Å²) in [4.78, 5) is 16.1. The first-order valence-electron chi connectivity index (χ1n) is 5.89. The molecule has 1 aromatic heterocycles. The molecule has 2 rings (SSSR count). The molecule has 1 saturated carbocycles. The number of hydrogen-bond acceptors (Lipinski definition) is 4. The van der Waals surface area contributed by atoms with Crippen LogP contribution in [-0.4, -0.2) is 24.7 Å². The number of methoxy groups -OCH3 is 1. The van der Waals surface area contributed by atoms with Crippen LogP contribution in [0.3, 0.4) is 0 Å². The van der Waals surface area contributed by atoms with Gasteiger partial charge in [-0.1, -0.05) is 6.92 Å². The van der Waals surface area contributed by atoms with E-state index in [1.807, 2.05) is 6.92 Å². The molecule has 0 aromatic carbocycles. The maximum absolute atomic E-state index is 11.6. The molecule has 0 aliphatic heterocycles. The van der Waals surface area contributed by atoms with Gasteiger partial charge >= 0.3 is 5.97 Å². The Kier molecular flexibility index (Phi) is 3.31. The third kappa shape index (κ3) is 2.40. The molecule has 0 spiro atoms. The minimum absolute atomic E-state index is 0.324. The zero-order valence-corrected chi connectivity index (χ0v) is 10.4. The molecule has 4 heteroatoms. The summed E-state index contributed by atoms with van der Waals surface area (Å²) in [6, 6.07) is 3.45. The van der Waals surface area contributed by atoms with Crippen LogP contribution in [0, 0.1) is 5.92 Å². The monoisotopic (exact) mass is 235 g/mol. The zero-order chi connectivity index (χ0) is 12.4. The number of carbonyl (C=O) groups excluding carboxylic acids is 1. The quantitative estimate of drug-likeness (QED) is 0.752. The Morgan fingerprint density at radius 2 is 2.24 bits per heavy atom. The fourth-order valence-electron chi connectivity index (χ4n) is 1.95. The van der Waals surface area contributed by atoms with Gasteiger partial charge in [-0.3, -0.25) is 0 Å². The van der Waals surface area contributed by atoms with Gasteiger partial charge < -0.3 is 9.47 Å². The number of hydrogen-bond donors (Lipinski definition) is 0. The van der Waals surface area contributed by atoms with Crippen molar-refractivity contribution >= 4 is 5.97 Å². The van der Waals surface area contributed by atoms with Crippen molar-refractivity contribution in [3.63, 3.8) is 0 Å². The van der Waals surface area contributed by atoms with Crippen LogP contribution in [0.4, 0.5) is 0 Å². The van der Waals surface area contributed by atoms with Crippen LogP contribution in [0.5, 0.6) is 5.88 Å². The number of rotatable bonds is 4. The van der Waals surface area contributed by atoms with Gasteiger partial charge in [-0.15, -0.1) is 0 Å². The molecule has 4 nitrogen and oxygen atoms in total. The molecule has 1 fully saturated rings. The molecule has 1 aliphatic rings. The van der Waals surface area contributed by atoms with Crippen molar-refractivity contribution in [2.24, 2.45) is 5.92 Å². The van der Waals surface area contributed by atoms with Crippen LogP contribution in [-0.2, 0) is 4.74 Å². The van der Waals surface area contributed by atoms with Crippen LogP contribution in [0.1, 0.15) is 42.2 Å². The van der Waals surface area contributed by atoms with E-state index < -0.39 is 0 Å². The van der Waals surface area contributed by atoms with Crippen LogP contribution >= 0.6 is 0 Å². The van der Waals surface area contributed by atoms with Gasteiger partial charge in [0.1, 0.15) is 0 Å². The molecular formula is C13H17NO3. The average Bonchev–Trinajstić information content (AvgIpc) is 3.06. The first kappa shape index (κ1) is 11.9. The van der Waals surface area contributed by atoms with E-state index in [0.717, 1.165) is 12.1 Å². The lowest BCUT2D eigenvalue weighted by atomic mass is 10.1. The zero-order valence-electron chi connectivity index (χ0n) is 10.4. The van der Waals surface area contributed by atoms with E-state index in [0.29, 0.717) is 29.9 Å². The third-order valence-electron chi connectivity index (χ3n) is 3.06. The van der Waals surface area contributed by atoms with Crippen molar-refractivity contribution in [2.45, 2.75) is 26.2 Å². The van der Waals surface area contributed by atoms with E-state index >= 15 is 0 Å². The normalized spacial score (nSPS) is 22.1. The number of esters is 1. The topological polar surface area (TPSA) is 48.4 Å². The maximum Gasteiger partial charge on any atom is 0.339 e. The smallest absolute Gasteiger partial charge is 0.339 e. The van der Waals surface area contributed by atoms with Crippen LogP contribution in [0.15, 0.2) is 12.1 Å². The summed E-state index contributed by atoms with van der Waals surface area (Å²) in [5.41, 5.74) is 1.38. The summed E-state index contributed by atoms with van der Waals surface area (Å²) in [7, 11) is 1.39. The second-order valence-electron chi connectivity index (χ2n) is 4.33. The molecule has 0 unspecified atom stereocenters. The van der Waals surface area contributed by atoms with Gasteiger partial charge in [-0.25, -0.2) is 9.78 Å². The standard InChI is InChI=1S/C13H17NO3/c1-4-17-11-6-5-9(13(15)16-3)12(14-11)10-7-8(10)2/h5-6,8,10H,4,7H2,1-3H3/t8-,10-/m1/s1. The van der Waals surface area contributed by atoms with Gasteiger partial charge in [0, 0.05) is 12.0 Å². The van der Waals surface area contributed by atoms with Gasteiger partial charge in [0.2, 0.25) is 5.88 Å². The van der Waals surface area contributed by atoms with Gasteiger partial charge in [-0.2, -0.15) is 0 Å². The molecule has 0 radical (unpaired) electrons. The summed E-state index contributed by atoms with van der Waals surface area (Å²) < 4.78 is 10.1. The molecular weight excluding hydrogens is 218 g/mol. The van der Waals surface area contributed by atoms with Gasteiger partial charge in [0.25, 0.3) is 0 Å². The molecule has 1 aromatic rings. The summed E-state index contributed by atoms with van der Waals surface area (Å²) in [6.45, 7) is 4.64. The average molecular weight is 235 g/mol. The SMILES string of the molecule is CCOc1ccc(C(=O)OC)c([C@@H]2C[C@H]2C)n1. The van der Waals surface area contributed by atoms with Crippen molar-refractivity contribution in [2.75, 3.05) is 13.7 Å². The second-order valence-corrected chi connectivity index (χ2v) is 4.33. The van der Waals surface area contributed by atoms with Crippen LogP contribution < -0.4 is 4.74 Å². The first-order chi connectivity index (χ1) is 8.17. The van der Waals surface area contributed by atoms with E-state index in [-0.39, 0.29) is 5.97 Å².